The van der Waals surface area contributed by atoms with Crippen LogP contribution in [0.5, 0.6) is 0 Å². The first-order chi connectivity index (χ1) is 12.7. The average Bonchev–Trinajstić information content (AvgIpc) is 2.67. The van der Waals surface area contributed by atoms with Gasteiger partial charge in [0.25, 0.3) is 0 Å². The summed E-state index contributed by atoms with van der Waals surface area (Å²) in [7, 11) is 0. The minimum Gasteiger partial charge on any atom is -0.0651 e. The molecule has 1 unspecified atom stereocenters. The summed E-state index contributed by atoms with van der Waals surface area (Å²) in [5.74, 6) is 0.400. The van der Waals surface area contributed by atoms with Crippen molar-refractivity contribution in [2.24, 2.45) is 0 Å². The quantitative estimate of drug-likeness (QED) is 0.450. The van der Waals surface area contributed by atoms with Crippen molar-refractivity contribution in [3.8, 4) is 11.1 Å². The Kier molecular flexibility index (Phi) is 5.93. The number of rotatable bonds is 6. The summed E-state index contributed by atoms with van der Waals surface area (Å²) in [6, 6.07) is 27.0. The average molecular weight is 341 g/mol. The first-order valence-corrected chi connectivity index (χ1v) is 9.74. The third-order valence-corrected chi connectivity index (χ3v) is 5.23. The normalized spacial score (nSPS) is 12.2. The molecule has 0 N–H and O–H groups in total. The molecule has 0 fully saturated rings. The Hall–Kier alpha value is -2.34. The summed E-state index contributed by atoms with van der Waals surface area (Å²) < 4.78 is 0. The molecule has 3 aromatic carbocycles. The standard InChI is InChI=1S/C26H28/c1-5-12-22-17-19(3)20(4)18-26(22)25-16-11-10-15-24(25)23(6-2)21-13-8-7-9-14-21/h7-11,13-16,23H,5-6,12H2,1-4H3. The Morgan fingerprint density at radius 3 is 2.15 bits per heavy atom. The molecule has 0 aliphatic heterocycles. The molecule has 0 bridgehead atoms. The van der Waals surface area contributed by atoms with E-state index < -0.39 is 0 Å². The molecule has 0 saturated heterocycles. The highest BCUT2D eigenvalue weighted by Crippen LogP contribution is 2.37. The lowest BCUT2D eigenvalue weighted by Gasteiger charge is -2.22. The van der Waals surface area contributed by atoms with Gasteiger partial charge in [0, 0.05) is 5.92 Å². The molecule has 0 heteroatoms. The van der Waals surface area contributed by atoms with Gasteiger partial charge in [-0.05, 0) is 77.8 Å². The number of aryl methyl sites for hydroxylation is 3. The lowest BCUT2D eigenvalue weighted by molar-refractivity contribution is 0.778. The molecule has 0 nitrogen and oxygen atoms in total. The summed E-state index contributed by atoms with van der Waals surface area (Å²) in [6.45, 7) is 8.79. The molecule has 1 atom stereocenters. The smallest absolute Gasteiger partial charge is 0.00928 e. The predicted molar refractivity (Wildman–Crippen MR) is 112 cm³/mol. The van der Waals surface area contributed by atoms with Crippen LogP contribution in [0.15, 0.2) is 54.6 Å². The van der Waals surface area contributed by atoms with Gasteiger partial charge in [0.1, 0.15) is 0 Å². The largest absolute Gasteiger partial charge is 0.0651 e. The minimum absolute atomic E-state index is 0.400. The van der Waals surface area contributed by atoms with E-state index in [1.54, 1.807) is 0 Å². The van der Waals surface area contributed by atoms with E-state index in [1.807, 2.05) is 0 Å². The summed E-state index contributed by atoms with van der Waals surface area (Å²) in [4.78, 5) is 0. The van der Waals surface area contributed by atoms with E-state index >= 15 is 0 Å². The second-order valence-corrected chi connectivity index (χ2v) is 7.06. The van der Waals surface area contributed by atoms with E-state index in [0.717, 1.165) is 19.3 Å². The van der Waals surface area contributed by atoms with E-state index in [0.29, 0.717) is 5.92 Å². The van der Waals surface area contributed by atoms with Crippen molar-refractivity contribution in [2.45, 2.75) is 52.9 Å². The van der Waals surface area contributed by atoms with Crippen molar-refractivity contribution in [1.29, 1.82) is 0 Å². The molecular weight excluding hydrogens is 312 g/mol. The zero-order chi connectivity index (χ0) is 18.5. The van der Waals surface area contributed by atoms with Crippen LogP contribution in [-0.4, -0.2) is 0 Å². The molecule has 0 aliphatic carbocycles. The molecule has 0 aliphatic rings. The second kappa shape index (κ2) is 8.36. The number of benzene rings is 3. The van der Waals surface area contributed by atoms with Gasteiger partial charge in [0.2, 0.25) is 0 Å². The number of hydrogen-bond donors (Lipinski definition) is 0. The van der Waals surface area contributed by atoms with Crippen molar-refractivity contribution in [3.63, 3.8) is 0 Å². The monoisotopic (exact) mass is 340 g/mol. The molecule has 132 valence electrons. The Morgan fingerprint density at radius 1 is 0.808 bits per heavy atom. The molecular formula is C26H28. The van der Waals surface area contributed by atoms with Crippen molar-refractivity contribution < 1.29 is 0 Å². The van der Waals surface area contributed by atoms with E-state index in [-0.39, 0.29) is 0 Å². The Morgan fingerprint density at radius 2 is 1.46 bits per heavy atom. The molecule has 0 heterocycles. The Bertz CT molecular complexity index is 858. The maximum Gasteiger partial charge on any atom is 0.00928 e. The zero-order valence-electron chi connectivity index (χ0n) is 16.4. The van der Waals surface area contributed by atoms with Gasteiger partial charge in [-0.1, -0.05) is 74.9 Å². The maximum absolute atomic E-state index is 3.68. The highest BCUT2D eigenvalue weighted by Gasteiger charge is 2.18. The van der Waals surface area contributed by atoms with Gasteiger partial charge >= 0.3 is 0 Å². The lowest BCUT2D eigenvalue weighted by Crippen LogP contribution is -2.04. The molecule has 0 aromatic heterocycles. The van der Waals surface area contributed by atoms with Gasteiger partial charge in [0.15, 0.2) is 0 Å². The minimum atomic E-state index is 0.400. The van der Waals surface area contributed by atoms with E-state index in [2.05, 4.69) is 94.4 Å². The highest BCUT2D eigenvalue weighted by molar-refractivity contribution is 5.72. The highest BCUT2D eigenvalue weighted by atomic mass is 14.2. The van der Waals surface area contributed by atoms with E-state index in [9.17, 15) is 0 Å². The van der Waals surface area contributed by atoms with Gasteiger partial charge in [-0.15, -0.1) is 0 Å². The molecule has 26 heavy (non-hydrogen) atoms. The van der Waals surface area contributed by atoms with Crippen LogP contribution in [-0.2, 0) is 6.42 Å². The lowest BCUT2D eigenvalue weighted by atomic mass is 9.82. The predicted octanol–water partition coefficient (Wildman–Crippen LogP) is 7.07. The van der Waals surface area contributed by atoms with Crippen LogP contribution < -0.4 is 0 Å². The SMILES string of the molecule is CCCc1[c]c(C)c(C)[c]c1-c1ccccc1C(CC)c1ccccc1. The van der Waals surface area contributed by atoms with Crippen LogP contribution in [0.2, 0.25) is 0 Å². The van der Waals surface area contributed by atoms with Gasteiger partial charge in [0.05, 0.1) is 0 Å². The molecule has 0 saturated carbocycles. The number of hydrogen-bond acceptors (Lipinski definition) is 0. The van der Waals surface area contributed by atoms with Crippen LogP contribution in [0.25, 0.3) is 11.1 Å². The van der Waals surface area contributed by atoms with Crippen LogP contribution in [0.4, 0.5) is 0 Å². The van der Waals surface area contributed by atoms with E-state index in [4.69, 9.17) is 0 Å². The molecule has 3 rings (SSSR count). The summed E-state index contributed by atoms with van der Waals surface area (Å²) >= 11 is 0. The Labute approximate surface area is 158 Å². The van der Waals surface area contributed by atoms with E-state index in [1.165, 1.54) is 38.9 Å². The fraction of sp³-hybridized carbons (Fsp3) is 0.308. The summed E-state index contributed by atoms with van der Waals surface area (Å²) in [5, 5.41) is 0. The molecule has 2 radical (unpaired) electrons. The van der Waals surface area contributed by atoms with Crippen LogP contribution >= 0.6 is 0 Å². The maximum atomic E-state index is 3.68. The van der Waals surface area contributed by atoms with Crippen LogP contribution in [0, 0.1) is 26.0 Å². The van der Waals surface area contributed by atoms with Gasteiger partial charge in [-0.2, -0.15) is 0 Å². The molecule has 3 aromatic rings. The van der Waals surface area contributed by atoms with Crippen LogP contribution in [0.3, 0.4) is 0 Å². The topological polar surface area (TPSA) is 0 Å². The van der Waals surface area contributed by atoms with Crippen molar-refractivity contribution in [1.82, 2.24) is 0 Å². The first kappa shape index (κ1) is 18.5. The van der Waals surface area contributed by atoms with Gasteiger partial charge < -0.3 is 0 Å². The van der Waals surface area contributed by atoms with Crippen molar-refractivity contribution in [2.75, 3.05) is 0 Å². The molecule has 0 amide bonds. The third kappa shape index (κ3) is 3.75. The molecule has 0 spiro atoms. The van der Waals surface area contributed by atoms with Crippen molar-refractivity contribution >= 4 is 0 Å². The van der Waals surface area contributed by atoms with Crippen molar-refractivity contribution in [3.05, 3.63) is 94.5 Å². The summed E-state index contributed by atoms with van der Waals surface area (Å²) in [6.07, 6.45) is 3.25. The van der Waals surface area contributed by atoms with Gasteiger partial charge in [-0.25, -0.2) is 0 Å². The fourth-order valence-electron chi connectivity index (χ4n) is 3.76. The Balaban J connectivity index is 2.18. The fourth-order valence-corrected chi connectivity index (χ4v) is 3.76. The second-order valence-electron chi connectivity index (χ2n) is 7.06. The summed E-state index contributed by atoms with van der Waals surface area (Å²) in [5.41, 5.74) is 9.03. The van der Waals surface area contributed by atoms with Crippen LogP contribution in [0.1, 0.15) is 60.4 Å². The first-order valence-electron chi connectivity index (χ1n) is 9.74. The third-order valence-electron chi connectivity index (χ3n) is 5.23. The van der Waals surface area contributed by atoms with Gasteiger partial charge in [-0.3, -0.25) is 0 Å². The zero-order valence-corrected chi connectivity index (χ0v) is 16.4.